The van der Waals surface area contributed by atoms with Gasteiger partial charge in [-0.15, -0.1) is 5.10 Å². The zero-order chi connectivity index (χ0) is 21.3. The van der Waals surface area contributed by atoms with Gasteiger partial charge in [0.25, 0.3) is 17.4 Å². The van der Waals surface area contributed by atoms with Crippen molar-refractivity contribution < 1.29 is 9.59 Å². The lowest BCUT2D eigenvalue weighted by Crippen LogP contribution is -2.40. The summed E-state index contributed by atoms with van der Waals surface area (Å²) in [5, 5.41) is 10.3. The predicted molar refractivity (Wildman–Crippen MR) is 111 cm³/mol. The number of amides is 2. The highest BCUT2D eigenvalue weighted by Crippen LogP contribution is 2.19. The topological polar surface area (TPSA) is 114 Å². The van der Waals surface area contributed by atoms with Crippen LogP contribution in [0.1, 0.15) is 34.2 Å². The van der Waals surface area contributed by atoms with Crippen LogP contribution in [0.4, 0.5) is 5.82 Å². The van der Waals surface area contributed by atoms with E-state index in [2.05, 4.69) is 20.7 Å². The zero-order valence-electron chi connectivity index (χ0n) is 16.8. The molecule has 1 aliphatic heterocycles. The van der Waals surface area contributed by atoms with Crippen LogP contribution < -0.4 is 21.1 Å². The Bertz CT molecular complexity index is 1170. The second kappa shape index (κ2) is 7.97. The van der Waals surface area contributed by atoms with Crippen molar-refractivity contribution in [2.45, 2.75) is 19.4 Å². The number of imidazole rings is 1. The van der Waals surface area contributed by atoms with Crippen molar-refractivity contribution >= 4 is 23.3 Å². The highest BCUT2D eigenvalue weighted by molar-refractivity contribution is 5.94. The van der Waals surface area contributed by atoms with E-state index in [9.17, 15) is 14.4 Å². The van der Waals surface area contributed by atoms with Gasteiger partial charge in [-0.2, -0.15) is 0 Å². The predicted octanol–water partition coefficient (Wildman–Crippen LogP) is 0.186. The summed E-state index contributed by atoms with van der Waals surface area (Å²) < 4.78 is 2.91. The zero-order valence-corrected chi connectivity index (χ0v) is 16.8. The quantitative estimate of drug-likeness (QED) is 0.622. The van der Waals surface area contributed by atoms with Gasteiger partial charge in [0.1, 0.15) is 11.4 Å². The SMILES string of the molecule is CCNC(=O)c1cnc2ccc(N3CC[C@H](NC(=O)c4cccn(C)c4=O)C3)nn12. The van der Waals surface area contributed by atoms with E-state index < -0.39 is 0 Å². The average molecular weight is 409 g/mol. The number of aryl methyl sites for hydroxylation is 1. The van der Waals surface area contributed by atoms with E-state index in [4.69, 9.17) is 0 Å². The van der Waals surface area contributed by atoms with E-state index in [1.165, 1.54) is 21.3 Å². The molecular formula is C20H23N7O3. The molecule has 0 aromatic carbocycles. The molecule has 0 spiro atoms. The molecule has 2 N–H and O–H groups in total. The molecule has 10 nitrogen and oxygen atoms in total. The average Bonchev–Trinajstić information content (AvgIpc) is 3.36. The van der Waals surface area contributed by atoms with Gasteiger partial charge < -0.3 is 20.1 Å². The normalized spacial score (nSPS) is 16.1. The van der Waals surface area contributed by atoms with E-state index in [1.54, 1.807) is 19.3 Å². The molecule has 0 bridgehead atoms. The monoisotopic (exact) mass is 409 g/mol. The number of hydrogen-bond acceptors (Lipinski definition) is 6. The number of carbonyl (C=O) groups excluding carboxylic acids is 2. The molecule has 1 saturated heterocycles. The summed E-state index contributed by atoms with van der Waals surface area (Å²) in [6.45, 7) is 3.62. The maximum atomic E-state index is 12.5. The minimum Gasteiger partial charge on any atom is -0.353 e. The number of nitrogens with zero attached hydrogens (tertiary/aromatic N) is 5. The first-order valence-corrected chi connectivity index (χ1v) is 9.82. The molecule has 3 aromatic rings. The molecule has 3 aromatic heterocycles. The fourth-order valence-corrected chi connectivity index (χ4v) is 3.56. The van der Waals surface area contributed by atoms with Gasteiger partial charge in [0.15, 0.2) is 11.3 Å². The number of rotatable bonds is 5. The van der Waals surface area contributed by atoms with Gasteiger partial charge in [-0.05, 0) is 37.6 Å². The number of hydrogen-bond donors (Lipinski definition) is 2. The molecule has 156 valence electrons. The van der Waals surface area contributed by atoms with Gasteiger partial charge in [-0.3, -0.25) is 14.4 Å². The van der Waals surface area contributed by atoms with Crippen molar-refractivity contribution in [2.24, 2.45) is 7.05 Å². The third-order valence-electron chi connectivity index (χ3n) is 5.13. The number of anilines is 1. The fourth-order valence-electron chi connectivity index (χ4n) is 3.56. The lowest BCUT2D eigenvalue weighted by atomic mass is 10.2. The largest absolute Gasteiger partial charge is 0.353 e. The lowest BCUT2D eigenvalue weighted by molar-refractivity contribution is 0.0933. The van der Waals surface area contributed by atoms with Crippen molar-refractivity contribution in [2.75, 3.05) is 24.5 Å². The number of carbonyl (C=O) groups is 2. The third-order valence-corrected chi connectivity index (χ3v) is 5.13. The van der Waals surface area contributed by atoms with E-state index in [0.717, 1.165) is 6.42 Å². The Hall–Kier alpha value is -3.69. The van der Waals surface area contributed by atoms with Crippen LogP contribution in [0.5, 0.6) is 0 Å². The van der Waals surface area contributed by atoms with Crippen molar-refractivity contribution in [3.05, 3.63) is 58.3 Å². The van der Waals surface area contributed by atoms with E-state index >= 15 is 0 Å². The van der Waals surface area contributed by atoms with E-state index in [-0.39, 0.29) is 29.0 Å². The Morgan fingerprint density at radius 1 is 1.23 bits per heavy atom. The smallest absolute Gasteiger partial charge is 0.271 e. The second-order valence-corrected chi connectivity index (χ2v) is 7.21. The summed E-state index contributed by atoms with van der Waals surface area (Å²) in [4.78, 5) is 43.1. The van der Waals surface area contributed by atoms with Crippen LogP contribution in [0.2, 0.25) is 0 Å². The number of pyridine rings is 1. The third kappa shape index (κ3) is 3.63. The molecule has 4 rings (SSSR count). The first-order valence-electron chi connectivity index (χ1n) is 9.82. The molecule has 1 fully saturated rings. The number of fused-ring (bicyclic) bond motifs is 1. The van der Waals surface area contributed by atoms with Gasteiger partial charge in [-0.25, -0.2) is 9.50 Å². The Balaban J connectivity index is 1.49. The van der Waals surface area contributed by atoms with Crippen LogP contribution in [-0.2, 0) is 7.05 Å². The molecule has 1 atom stereocenters. The summed E-state index contributed by atoms with van der Waals surface area (Å²) in [7, 11) is 1.61. The maximum Gasteiger partial charge on any atom is 0.271 e. The van der Waals surface area contributed by atoms with Crippen molar-refractivity contribution in [3.63, 3.8) is 0 Å². The Morgan fingerprint density at radius 2 is 2.07 bits per heavy atom. The van der Waals surface area contributed by atoms with Crippen LogP contribution in [0.25, 0.3) is 5.65 Å². The van der Waals surface area contributed by atoms with Crippen LogP contribution in [0, 0.1) is 0 Å². The summed E-state index contributed by atoms with van der Waals surface area (Å²) in [6, 6.07) is 6.76. The van der Waals surface area contributed by atoms with Crippen LogP contribution in [0.3, 0.4) is 0 Å². The Kier molecular flexibility index (Phi) is 5.21. The van der Waals surface area contributed by atoms with Crippen LogP contribution >= 0.6 is 0 Å². The highest BCUT2D eigenvalue weighted by Gasteiger charge is 2.26. The van der Waals surface area contributed by atoms with Gasteiger partial charge >= 0.3 is 0 Å². The summed E-state index contributed by atoms with van der Waals surface area (Å²) in [6.07, 6.45) is 3.85. The van der Waals surface area contributed by atoms with E-state index in [0.29, 0.717) is 36.8 Å². The first kappa shape index (κ1) is 19.6. The Labute approximate surface area is 172 Å². The van der Waals surface area contributed by atoms with E-state index in [1.807, 2.05) is 24.0 Å². The van der Waals surface area contributed by atoms with Gasteiger partial charge in [0.05, 0.1) is 6.20 Å². The van der Waals surface area contributed by atoms with Crippen molar-refractivity contribution in [3.8, 4) is 0 Å². The summed E-state index contributed by atoms with van der Waals surface area (Å²) in [5.41, 5.74) is 0.764. The number of aromatic nitrogens is 4. The second-order valence-electron chi connectivity index (χ2n) is 7.21. The molecule has 2 amide bonds. The molecule has 0 saturated carbocycles. The van der Waals surface area contributed by atoms with Crippen molar-refractivity contribution in [1.29, 1.82) is 0 Å². The van der Waals surface area contributed by atoms with Crippen molar-refractivity contribution in [1.82, 2.24) is 29.8 Å². The molecule has 0 aliphatic carbocycles. The molecular weight excluding hydrogens is 386 g/mol. The fraction of sp³-hybridized carbons (Fsp3) is 0.350. The highest BCUT2D eigenvalue weighted by atomic mass is 16.2. The molecule has 0 radical (unpaired) electrons. The van der Waals surface area contributed by atoms with Gasteiger partial charge in [0.2, 0.25) is 0 Å². The first-order chi connectivity index (χ1) is 14.5. The number of nitrogens with one attached hydrogen (secondary N) is 2. The van der Waals surface area contributed by atoms with Gasteiger partial charge in [-0.1, -0.05) is 0 Å². The van der Waals surface area contributed by atoms with Crippen LogP contribution in [-0.4, -0.2) is 56.7 Å². The maximum absolute atomic E-state index is 12.5. The minimum atomic E-state index is -0.375. The molecule has 10 heteroatoms. The summed E-state index contributed by atoms with van der Waals surface area (Å²) in [5.74, 6) is 0.0867. The molecule has 30 heavy (non-hydrogen) atoms. The van der Waals surface area contributed by atoms with Crippen LogP contribution in [0.15, 0.2) is 41.5 Å². The minimum absolute atomic E-state index is 0.106. The van der Waals surface area contributed by atoms with Gasteiger partial charge in [0, 0.05) is 38.9 Å². The summed E-state index contributed by atoms with van der Waals surface area (Å²) >= 11 is 0. The lowest BCUT2D eigenvalue weighted by Gasteiger charge is -2.18. The molecule has 1 aliphatic rings. The Morgan fingerprint density at radius 3 is 2.87 bits per heavy atom. The molecule has 4 heterocycles. The standard InChI is InChI=1S/C20H23N7O3/c1-3-21-19(29)15-11-22-16-6-7-17(24-27(15)16)26-10-8-13(12-26)23-18(28)14-5-4-9-25(2)20(14)30/h4-7,9,11,13H,3,8,10,12H2,1-2H3,(H,21,29)(H,23,28)/t13-/m0/s1. The molecule has 0 unspecified atom stereocenters.